The van der Waals surface area contributed by atoms with Crippen molar-refractivity contribution in [2.75, 3.05) is 6.61 Å². The SMILES string of the molecule is CCCC(CCC(C)(c1ccc(Br)cc1)C1(C)CC1)OCC. The molecule has 0 spiro atoms. The first-order chi connectivity index (χ1) is 10.4. The Hall–Kier alpha value is -0.340. The fraction of sp³-hybridized carbons (Fsp3) is 0.700. The van der Waals surface area contributed by atoms with E-state index in [1.54, 1.807) is 0 Å². The molecule has 2 heteroatoms. The van der Waals surface area contributed by atoms with Gasteiger partial charge < -0.3 is 4.74 Å². The van der Waals surface area contributed by atoms with Crippen LogP contribution in [-0.2, 0) is 10.2 Å². The molecule has 1 fully saturated rings. The van der Waals surface area contributed by atoms with Crippen LogP contribution in [0.1, 0.15) is 71.8 Å². The van der Waals surface area contributed by atoms with Crippen molar-refractivity contribution in [2.24, 2.45) is 5.41 Å². The molecule has 1 aromatic rings. The molecule has 2 unspecified atom stereocenters. The van der Waals surface area contributed by atoms with Crippen LogP contribution in [-0.4, -0.2) is 12.7 Å². The first kappa shape index (κ1) is 18.0. The van der Waals surface area contributed by atoms with Crippen molar-refractivity contribution >= 4 is 15.9 Å². The highest BCUT2D eigenvalue weighted by molar-refractivity contribution is 9.10. The molecule has 0 amide bonds. The minimum atomic E-state index is 0.261. The number of benzene rings is 1. The molecule has 1 nitrogen and oxygen atoms in total. The van der Waals surface area contributed by atoms with Gasteiger partial charge in [0, 0.05) is 11.1 Å². The summed E-state index contributed by atoms with van der Waals surface area (Å²) in [6.45, 7) is 10.1. The highest BCUT2D eigenvalue weighted by atomic mass is 79.9. The van der Waals surface area contributed by atoms with Gasteiger partial charge in [-0.1, -0.05) is 55.3 Å². The molecule has 0 radical (unpaired) electrons. The number of rotatable bonds is 9. The van der Waals surface area contributed by atoms with E-state index >= 15 is 0 Å². The van der Waals surface area contributed by atoms with Crippen LogP contribution in [0.15, 0.2) is 28.7 Å². The molecule has 2 atom stereocenters. The Morgan fingerprint density at radius 3 is 2.32 bits per heavy atom. The van der Waals surface area contributed by atoms with Gasteiger partial charge in [-0.15, -0.1) is 0 Å². The lowest BCUT2D eigenvalue weighted by Crippen LogP contribution is -2.33. The summed E-state index contributed by atoms with van der Waals surface area (Å²) in [5.41, 5.74) is 2.21. The molecule has 1 aliphatic carbocycles. The topological polar surface area (TPSA) is 9.23 Å². The van der Waals surface area contributed by atoms with E-state index in [-0.39, 0.29) is 5.41 Å². The van der Waals surface area contributed by atoms with Crippen LogP contribution in [0.25, 0.3) is 0 Å². The minimum absolute atomic E-state index is 0.261. The maximum Gasteiger partial charge on any atom is 0.0575 e. The third-order valence-electron chi connectivity index (χ3n) is 5.79. The predicted molar refractivity (Wildman–Crippen MR) is 98.4 cm³/mol. The first-order valence-electron chi connectivity index (χ1n) is 8.83. The minimum Gasteiger partial charge on any atom is -0.379 e. The monoisotopic (exact) mass is 366 g/mol. The van der Waals surface area contributed by atoms with Crippen molar-refractivity contribution in [2.45, 2.75) is 77.7 Å². The van der Waals surface area contributed by atoms with Gasteiger partial charge in [-0.05, 0) is 67.6 Å². The summed E-state index contributed by atoms with van der Waals surface area (Å²) >= 11 is 3.56. The summed E-state index contributed by atoms with van der Waals surface area (Å²) in [7, 11) is 0. The van der Waals surface area contributed by atoms with Crippen LogP contribution in [0, 0.1) is 5.41 Å². The molecule has 22 heavy (non-hydrogen) atoms. The maximum atomic E-state index is 5.96. The van der Waals surface area contributed by atoms with E-state index in [0.29, 0.717) is 11.5 Å². The van der Waals surface area contributed by atoms with Crippen LogP contribution < -0.4 is 0 Å². The second kappa shape index (κ2) is 7.49. The molecule has 0 N–H and O–H groups in total. The zero-order chi connectivity index (χ0) is 16.2. The molecule has 1 aliphatic rings. The summed E-state index contributed by atoms with van der Waals surface area (Å²) in [6, 6.07) is 8.99. The van der Waals surface area contributed by atoms with Gasteiger partial charge in [-0.3, -0.25) is 0 Å². The Labute approximate surface area is 145 Å². The van der Waals surface area contributed by atoms with Gasteiger partial charge in [0.25, 0.3) is 0 Å². The van der Waals surface area contributed by atoms with Crippen LogP contribution in [0.3, 0.4) is 0 Å². The molecule has 0 aliphatic heterocycles. The quantitative estimate of drug-likeness (QED) is 0.484. The molecule has 2 rings (SSSR count). The van der Waals surface area contributed by atoms with E-state index in [9.17, 15) is 0 Å². The summed E-state index contributed by atoms with van der Waals surface area (Å²) in [6.07, 6.45) is 7.91. The van der Waals surface area contributed by atoms with Gasteiger partial charge in [0.2, 0.25) is 0 Å². The number of halogens is 1. The fourth-order valence-corrected chi connectivity index (χ4v) is 3.93. The van der Waals surface area contributed by atoms with Gasteiger partial charge in [0.1, 0.15) is 0 Å². The van der Waals surface area contributed by atoms with Crippen molar-refractivity contribution in [3.8, 4) is 0 Å². The van der Waals surface area contributed by atoms with E-state index in [1.807, 2.05) is 0 Å². The molecule has 0 bridgehead atoms. The van der Waals surface area contributed by atoms with Crippen LogP contribution in [0.5, 0.6) is 0 Å². The summed E-state index contributed by atoms with van der Waals surface area (Å²) in [5.74, 6) is 0. The van der Waals surface area contributed by atoms with Crippen molar-refractivity contribution < 1.29 is 4.74 Å². The highest BCUT2D eigenvalue weighted by Gasteiger charge is 2.53. The van der Waals surface area contributed by atoms with E-state index in [1.165, 1.54) is 44.1 Å². The van der Waals surface area contributed by atoms with E-state index in [0.717, 1.165) is 11.1 Å². The summed E-state index contributed by atoms with van der Waals surface area (Å²) in [4.78, 5) is 0. The molecule has 124 valence electrons. The molecular weight excluding hydrogens is 336 g/mol. The average Bonchev–Trinajstić information content (AvgIpc) is 3.25. The number of hydrogen-bond acceptors (Lipinski definition) is 1. The van der Waals surface area contributed by atoms with E-state index in [2.05, 4.69) is 67.9 Å². The van der Waals surface area contributed by atoms with Crippen LogP contribution in [0.2, 0.25) is 0 Å². The maximum absolute atomic E-state index is 5.96. The Morgan fingerprint density at radius 2 is 1.82 bits per heavy atom. The summed E-state index contributed by atoms with van der Waals surface area (Å²) in [5, 5.41) is 0. The largest absolute Gasteiger partial charge is 0.379 e. The zero-order valence-corrected chi connectivity index (χ0v) is 16.2. The van der Waals surface area contributed by atoms with Gasteiger partial charge in [-0.25, -0.2) is 0 Å². The molecule has 0 aromatic heterocycles. The first-order valence-corrected chi connectivity index (χ1v) is 9.62. The zero-order valence-electron chi connectivity index (χ0n) is 14.6. The number of hydrogen-bond donors (Lipinski definition) is 0. The molecule has 0 saturated heterocycles. The average molecular weight is 367 g/mol. The van der Waals surface area contributed by atoms with E-state index in [4.69, 9.17) is 4.74 Å². The Kier molecular flexibility index (Phi) is 6.13. The van der Waals surface area contributed by atoms with Crippen molar-refractivity contribution in [3.05, 3.63) is 34.3 Å². The molecule has 0 heterocycles. The van der Waals surface area contributed by atoms with Crippen molar-refractivity contribution in [3.63, 3.8) is 0 Å². The van der Waals surface area contributed by atoms with Gasteiger partial charge in [0.05, 0.1) is 6.10 Å². The highest BCUT2D eigenvalue weighted by Crippen LogP contribution is 2.61. The van der Waals surface area contributed by atoms with Crippen molar-refractivity contribution in [1.82, 2.24) is 0 Å². The lowest BCUT2D eigenvalue weighted by molar-refractivity contribution is 0.0408. The second-order valence-electron chi connectivity index (χ2n) is 7.30. The molecule has 1 aromatic carbocycles. The Morgan fingerprint density at radius 1 is 1.18 bits per heavy atom. The van der Waals surface area contributed by atoms with Crippen LogP contribution in [0.4, 0.5) is 0 Å². The van der Waals surface area contributed by atoms with Gasteiger partial charge in [-0.2, -0.15) is 0 Å². The molecule has 1 saturated carbocycles. The second-order valence-corrected chi connectivity index (χ2v) is 8.22. The third kappa shape index (κ3) is 3.94. The lowest BCUT2D eigenvalue weighted by Gasteiger charge is -2.38. The normalized spacial score (nSPS) is 20.4. The van der Waals surface area contributed by atoms with Gasteiger partial charge in [0.15, 0.2) is 0 Å². The summed E-state index contributed by atoms with van der Waals surface area (Å²) < 4.78 is 7.12. The standard InChI is InChI=1S/C20H31BrO/c1-5-7-18(22-6-2)12-13-20(4,19(3)14-15-19)16-8-10-17(21)11-9-16/h8-11,18H,5-7,12-15H2,1-4H3. The van der Waals surface area contributed by atoms with Crippen molar-refractivity contribution in [1.29, 1.82) is 0 Å². The van der Waals surface area contributed by atoms with Crippen LogP contribution >= 0.6 is 15.9 Å². The third-order valence-corrected chi connectivity index (χ3v) is 6.32. The predicted octanol–water partition coefficient (Wildman–Crippen LogP) is 6.49. The van der Waals surface area contributed by atoms with Gasteiger partial charge >= 0.3 is 0 Å². The Bertz CT molecular complexity index is 457. The fourth-order valence-electron chi connectivity index (χ4n) is 3.67. The number of ether oxygens (including phenoxy) is 1. The smallest absolute Gasteiger partial charge is 0.0575 e. The lowest BCUT2D eigenvalue weighted by atomic mass is 9.67. The molecular formula is C20H31BrO. The van der Waals surface area contributed by atoms with E-state index < -0.39 is 0 Å². The Balaban J connectivity index is 2.14.